The van der Waals surface area contributed by atoms with Crippen molar-refractivity contribution in [2.75, 3.05) is 14.2 Å². The molecule has 9 heteroatoms. The number of aromatic nitrogens is 4. The zero-order valence-electron chi connectivity index (χ0n) is 24.4. The van der Waals surface area contributed by atoms with Crippen molar-refractivity contribution in [1.82, 2.24) is 19.9 Å². The zero-order valence-corrected chi connectivity index (χ0v) is 28.5. The van der Waals surface area contributed by atoms with E-state index in [1.165, 1.54) is 14.2 Å². The Morgan fingerprint density at radius 1 is 0.634 bits per heavy atom. The standard InChI is InChI=1S/C32H32N4O4.Cd/c1-17-11-22-14-27-19(3)23(7-9-31(37)39-5)29(35-27)16-30-24(8-10-32(38)40-6)20(4)28(36-30)15-26-18(2)12-21(34-26)13-25(17)33-22;/h11-16H,7-10H2,1-6H3;/q-4;/b21-13?,22-14-,25-13-,26-15?,27-14?,28-15-,29-16?,30-16-;. The van der Waals surface area contributed by atoms with Gasteiger partial charge >= 0.3 is 11.9 Å². The summed E-state index contributed by atoms with van der Waals surface area (Å²) >= 11 is 0. The molecule has 5 heterocycles. The largest absolute Gasteiger partial charge is 0.658 e. The number of carbonyl (C=O) groups is 2. The van der Waals surface area contributed by atoms with E-state index in [2.05, 4.69) is 0 Å². The number of fused-ring (bicyclic) bond motifs is 8. The molecule has 0 fully saturated rings. The molecule has 41 heavy (non-hydrogen) atoms. The average molecular weight is 649 g/mol. The first-order chi connectivity index (χ1) is 19.2. The van der Waals surface area contributed by atoms with Crippen molar-refractivity contribution in [2.24, 2.45) is 0 Å². The van der Waals surface area contributed by atoms with Crippen molar-refractivity contribution < 1.29 is 46.4 Å². The van der Waals surface area contributed by atoms with Crippen LogP contribution in [-0.2, 0) is 59.2 Å². The molecule has 0 saturated carbocycles. The number of aryl methyl sites for hydroxylation is 2. The number of ether oxygens (including phenoxy) is 2. The van der Waals surface area contributed by atoms with Crippen LogP contribution < -0.4 is 41.3 Å². The number of methoxy groups -OCH3 is 2. The summed E-state index contributed by atoms with van der Waals surface area (Å²) in [5.41, 5.74) is 9.17. The first kappa shape index (κ1) is 30.4. The minimum atomic E-state index is -0.279. The minimum Gasteiger partial charge on any atom is -0.658 e. The molecular formula is C32H32CdN4O4-4. The van der Waals surface area contributed by atoms with Gasteiger partial charge in [0, 0.05) is 40.1 Å². The van der Waals surface area contributed by atoms with Gasteiger partial charge in [0.15, 0.2) is 0 Å². The van der Waals surface area contributed by atoms with Crippen LogP contribution in [0.2, 0.25) is 0 Å². The molecule has 1 aliphatic heterocycles. The predicted molar refractivity (Wildman–Crippen MR) is 151 cm³/mol. The van der Waals surface area contributed by atoms with Crippen LogP contribution in [0.15, 0.2) is 12.1 Å². The summed E-state index contributed by atoms with van der Waals surface area (Å²) in [6.07, 6.45) is 9.35. The van der Waals surface area contributed by atoms with E-state index in [1.807, 2.05) is 64.1 Å². The number of rotatable bonds is 6. The van der Waals surface area contributed by atoms with E-state index >= 15 is 0 Å². The molecule has 0 radical (unpaired) electrons. The number of esters is 2. The summed E-state index contributed by atoms with van der Waals surface area (Å²) in [6.45, 7) is 8.10. The van der Waals surface area contributed by atoms with Gasteiger partial charge in [-0.15, -0.1) is 44.2 Å². The van der Waals surface area contributed by atoms with Crippen molar-refractivity contribution >= 4 is 36.2 Å². The van der Waals surface area contributed by atoms with Crippen LogP contribution in [0.25, 0.3) is 24.3 Å². The van der Waals surface area contributed by atoms with E-state index in [1.54, 1.807) is 0 Å². The van der Waals surface area contributed by atoms with E-state index in [-0.39, 0.29) is 52.1 Å². The van der Waals surface area contributed by atoms with Crippen molar-refractivity contribution in [3.63, 3.8) is 0 Å². The second-order valence-electron chi connectivity index (χ2n) is 10.2. The first-order valence-corrected chi connectivity index (χ1v) is 13.3. The summed E-state index contributed by atoms with van der Waals surface area (Å²) in [7, 11) is 2.79. The second kappa shape index (κ2) is 12.5. The number of nitrogens with zero attached hydrogens (tertiary/aromatic N) is 4. The van der Waals surface area contributed by atoms with Gasteiger partial charge in [-0.2, -0.15) is 0 Å². The average Bonchev–Trinajstić information content (AvgIpc) is 3.62. The maximum absolute atomic E-state index is 12.0. The van der Waals surface area contributed by atoms with Gasteiger partial charge in [-0.1, -0.05) is 69.8 Å². The number of hydrogen-bond donors (Lipinski definition) is 0. The number of hydrogen-bond acceptors (Lipinski definition) is 4. The Morgan fingerprint density at radius 3 is 1.98 bits per heavy atom. The van der Waals surface area contributed by atoms with Crippen LogP contribution >= 0.6 is 0 Å². The third-order valence-electron chi connectivity index (χ3n) is 7.54. The van der Waals surface area contributed by atoms with Gasteiger partial charge < -0.3 is 29.4 Å². The molecule has 0 atom stereocenters. The maximum atomic E-state index is 12.0. The molecule has 0 spiro atoms. The number of carbonyl (C=O) groups excluding carboxylic acids is 2. The van der Waals surface area contributed by atoms with E-state index in [9.17, 15) is 9.59 Å². The molecule has 4 aromatic heterocycles. The Balaban J connectivity index is 0.00000387. The molecule has 8 nitrogen and oxygen atoms in total. The fourth-order valence-corrected chi connectivity index (χ4v) is 5.15. The molecule has 0 unspecified atom stereocenters. The molecule has 1 aliphatic rings. The van der Waals surface area contributed by atoms with Crippen molar-refractivity contribution in [3.8, 4) is 0 Å². The van der Waals surface area contributed by atoms with Crippen LogP contribution in [0.1, 0.15) is 69.0 Å². The van der Waals surface area contributed by atoms with Crippen molar-refractivity contribution in [2.45, 2.75) is 53.4 Å². The van der Waals surface area contributed by atoms with E-state index in [0.717, 1.165) is 77.6 Å². The van der Waals surface area contributed by atoms with Gasteiger partial charge in [-0.05, 0) is 40.5 Å². The van der Waals surface area contributed by atoms with Crippen molar-refractivity contribution in [3.05, 3.63) is 89.7 Å². The molecule has 0 amide bonds. The summed E-state index contributed by atoms with van der Waals surface area (Å²) < 4.78 is 9.80. The zero-order chi connectivity index (χ0) is 28.6. The van der Waals surface area contributed by atoms with Crippen LogP contribution in [0, 0.1) is 27.7 Å². The van der Waals surface area contributed by atoms with E-state index < -0.39 is 0 Å². The molecule has 0 aromatic carbocycles. The van der Waals surface area contributed by atoms with E-state index in [4.69, 9.17) is 29.4 Å². The minimum absolute atomic E-state index is 0. The van der Waals surface area contributed by atoms with Crippen molar-refractivity contribution in [1.29, 1.82) is 0 Å². The molecule has 0 aliphatic carbocycles. The smallest absolute Gasteiger partial charge is 0.305 e. The maximum Gasteiger partial charge on any atom is 0.305 e. The monoisotopic (exact) mass is 650 g/mol. The second-order valence-corrected chi connectivity index (χ2v) is 10.2. The fraction of sp³-hybridized carbons (Fsp3) is 0.312. The summed E-state index contributed by atoms with van der Waals surface area (Å²) in [4.78, 5) is 43.7. The van der Waals surface area contributed by atoms with Crippen LogP contribution in [0.3, 0.4) is 0 Å². The molecule has 0 N–H and O–H groups in total. The summed E-state index contributed by atoms with van der Waals surface area (Å²) in [5, 5.41) is 3.20. The van der Waals surface area contributed by atoms with Gasteiger partial charge in [0.2, 0.25) is 0 Å². The molecule has 4 aromatic rings. The summed E-state index contributed by atoms with van der Waals surface area (Å²) in [5.74, 6) is -0.558. The van der Waals surface area contributed by atoms with Gasteiger partial charge in [-0.3, -0.25) is 9.59 Å². The SMILES string of the molecule is COC(=O)CCc1c2[n-]c(c1C)/C=c1/cc(C)/c([n-]1)=C/c1cc(C)c([n-]1)/C=c1\[n-]/c(c(CCC(=O)OC)c1C)=C\2.[Cd]. The Bertz CT molecular complexity index is 1870. The van der Waals surface area contributed by atoms with Crippen LogP contribution in [-0.4, -0.2) is 26.2 Å². The van der Waals surface area contributed by atoms with Gasteiger partial charge in [0.1, 0.15) is 0 Å². The molecule has 5 rings (SSSR count). The topological polar surface area (TPSA) is 109 Å². The Labute approximate surface area is 258 Å². The quantitative estimate of drug-likeness (QED) is 0.195. The molecule has 8 bridgehead atoms. The first-order valence-electron chi connectivity index (χ1n) is 13.3. The Morgan fingerprint density at radius 2 is 1.29 bits per heavy atom. The van der Waals surface area contributed by atoms with Gasteiger partial charge in [0.25, 0.3) is 0 Å². The van der Waals surface area contributed by atoms with E-state index in [0.29, 0.717) is 12.8 Å². The molecular weight excluding hydrogens is 617 g/mol. The normalized spacial score (nSPS) is 15.2. The Hall–Kier alpha value is -3.54. The fourth-order valence-electron chi connectivity index (χ4n) is 5.15. The van der Waals surface area contributed by atoms with Crippen LogP contribution in [0.5, 0.6) is 0 Å². The molecule has 210 valence electrons. The van der Waals surface area contributed by atoms with Crippen LogP contribution in [0.4, 0.5) is 0 Å². The Kier molecular flexibility index (Phi) is 9.31. The van der Waals surface area contributed by atoms with Gasteiger partial charge in [-0.25, -0.2) is 0 Å². The summed E-state index contributed by atoms with van der Waals surface area (Å²) in [6, 6.07) is 4.09. The van der Waals surface area contributed by atoms with Gasteiger partial charge in [0.05, 0.1) is 14.2 Å². The third-order valence-corrected chi connectivity index (χ3v) is 7.54. The predicted octanol–water partition coefficient (Wildman–Crippen LogP) is 0.586. The third kappa shape index (κ3) is 6.37. The molecule has 0 saturated heterocycles.